The second-order valence-corrected chi connectivity index (χ2v) is 7.89. The van der Waals surface area contributed by atoms with E-state index >= 15 is 0 Å². The van der Waals surface area contributed by atoms with E-state index in [2.05, 4.69) is 9.46 Å². The van der Waals surface area contributed by atoms with Gasteiger partial charge >= 0.3 is 5.97 Å². The van der Waals surface area contributed by atoms with E-state index in [-0.39, 0.29) is 28.2 Å². The van der Waals surface area contributed by atoms with Gasteiger partial charge in [0.05, 0.1) is 17.6 Å². The standard InChI is InChI=1S/C18H18FNO4S/c1-24-17(21)13-2-8-16(9-3-13)25(22,23)20-12-18(10-11-18)14-4-6-15(19)7-5-14/h2-9,20H,10-12H2,1H3. The summed E-state index contributed by atoms with van der Waals surface area (Å²) in [4.78, 5) is 11.5. The average molecular weight is 363 g/mol. The molecule has 0 unspecified atom stereocenters. The maximum atomic E-state index is 13.1. The monoisotopic (exact) mass is 363 g/mol. The SMILES string of the molecule is COC(=O)c1ccc(S(=O)(=O)NCC2(c3ccc(F)cc3)CC2)cc1. The first-order valence-corrected chi connectivity index (χ1v) is 9.29. The van der Waals surface area contributed by atoms with Crippen molar-refractivity contribution in [3.8, 4) is 0 Å². The van der Waals surface area contributed by atoms with Crippen LogP contribution in [0.25, 0.3) is 0 Å². The molecule has 0 bridgehead atoms. The largest absolute Gasteiger partial charge is 0.465 e. The zero-order chi connectivity index (χ0) is 18.1. The Morgan fingerprint density at radius 3 is 2.24 bits per heavy atom. The average Bonchev–Trinajstić information content (AvgIpc) is 3.41. The molecule has 1 N–H and O–H groups in total. The molecule has 2 aromatic rings. The fourth-order valence-electron chi connectivity index (χ4n) is 2.73. The molecule has 5 nitrogen and oxygen atoms in total. The van der Waals surface area contributed by atoms with Crippen LogP contribution in [0.4, 0.5) is 4.39 Å². The van der Waals surface area contributed by atoms with Gasteiger partial charge in [-0.2, -0.15) is 0 Å². The Hall–Kier alpha value is -2.25. The zero-order valence-electron chi connectivity index (χ0n) is 13.7. The minimum atomic E-state index is -3.70. The molecule has 0 atom stereocenters. The van der Waals surface area contributed by atoms with Crippen LogP contribution >= 0.6 is 0 Å². The van der Waals surface area contributed by atoms with Crippen LogP contribution in [0.2, 0.25) is 0 Å². The molecule has 2 aromatic carbocycles. The smallest absolute Gasteiger partial charge is 0.337 e. The summed E-state index contributed by atoms with van der Waals surface area (Å²) in [6.45, 7) is 0.250. The predicted molar refractivity (Wildman–Crippen MR) is 90.3 cm³/mol. The van der Waals surface area contributed by atoms with E-state index in [1.54, 1.807) is 12.1 Å². The lowest BCUT2D eigenvalue weighted by Crippen LogP contribution is -2.32. The summed E-state index contributed by atoms with van der Waals surface area (Å²) in [5, 5.41) is 0. The van der Waals surface area contributed by atoms with Gasteiger partial charge in [0.2, 0.25) is 10.0 Å². The maximum absolute atomic E-state index is 13.1. The van der Waals surface area contributed by atoms with Crippen molar-refractivity contribution in [2.45, 2.75) is 23.2 Å². The highest BCUT2D eigenvalue weighted by atomic mass is 32.2. The van der Waals surface area contributed by atoms with Crippen LogP contribution in [0.5, 0.6) is 0 Å². The molecule has 0 radical (unpaired) electrons. The van der Waals surface area contributed by atoms with Crippen molar-refractivity contribution in [3.63, 3.8) is 0 Å². The van der Waals surface area contributed by atoms with E-state index in [0.717, 1.165) is 18.4 Å². The van der Waals surface area contributed by atoms with Gasteiger partial charge < -0.3 is 4.74 Å². The lowest BCUT2D eigenvalue weighted by molar-refractivity contribution is 0.0600. The van der Waals surface area contributed by atoms with Crippen LogP contribution in [0.1, 0.15) is 28.8 Å². The number of methoxy groups -OCH3 is 1. The van der Waals surface area contributed by atoms with Crippen LogP contribution in [0.3, 0.4) is 0 Å². The van der Waals surface area contributed by atoms with Gasteiger partial charge in [0, 0.05) is 12.0 Å². The summed E-state index contributed by atoms with van der Waals surface area (Å²) >= 11 is 0. The Labute approximate surface area is 145 Å². The van der Waals surface area contributed by atoms with Gasteiger partial charge in [-0.1, -0.05) is 12.1 Å². The molecule has 25 heavy (non-hydrogen) atoms. The number of benzene rings is 2. The summed E-state index contributed by atoms with van der Waals surface area (Å²) in [7, 11) is -2.43. The summed E-state index contributed by atoms with van der Waals surface area (Å²) < 4.78 is 45.2. The fraction of sp³-hybridized carbons (Fsp3) is 0.278. The third kappa shape index (κ3) is 3.72. The molecule has 0 aliphatic heterocycles. The number of ether oxygens (including phenoxy) is 1. The summed E-state index contributed by atoms with van der Waals surface area (Å²) in [6, 6.07) is 11.7. The molecule has 1 aliphatic rings. The Balaban J connectivity index is 1.71. The molecule has 1 saturated carbocycles. The van der Waals surface area contributed by atoms with Gasteiger partial charge in [0.1, 0.15) is 5.82 Å². The van der Waals surface area contributed by atoms with Crippen molar-refractivity contribution >= 4 is 16.0 Å². The number of nitrogens with one attached hydrogen (secondary N) is 1. The van der Waals surface area contributed by atoms with Gasteiger partial charge in [-0.3, -0.25) is 0 Å². The Kier molecular flexibility index (Phi) is 4.62. The van der Waals surface area contributed by atoms with Crippen LogP contribution in [-0.2, 0) is 20.2 Å². The Morgan fingerprint density at radius 2 is 1.72 bits per heavy atom. The van der Waals surface area contributed by atoms with Gasteiger partial charge in [-0.05, 0) is 54.8 Å². The Bertz CT molecular complexity index is 872. The molecule has 7 heteroatoms. The molecule has 1 aliphatic carbocycles. The van der Waals surface area contributed by atoms with Crippen molar-refractivity contribution in [2.75, 3.05) is 13.7 Å². The van der Waals surface area contributed by atoms with E-state index < -0.39 is 16.0 Å². The lowest BCUT2D eigenvalue weighted by atomic mass is 9.96. The second kappa shape index (κ2) is 6.57. The number of halogens is 1. The number of carbonyl (C=O) groups excluding carboxylic acids is 1. The van der Waals surface area contributed by atoms with E-state index in [0.29, 0.717) is 0 Å². The zero-order valence-corrected chi connectivity index (χ0v) is 14.5. The molecule has 1 fully saturated rings. The first-order valence-electron chi connectivity index (χ1n) is 7.80. The van der Waals surface area contributed by atoms with Crippen LogP contribution in [0.15, 0.2) is 53.4 Å². The van der Waals surface area contributed by atoms with Crippen LogP contribution in [0, 0.1) is 5.82 Å². The number of rotatable bonds is 6. The van der Waals surface area contributed by atoms with Crippen molar-refractivity contribution in [2.24, 2.45) is 0 Å². The number of carbonyl (C=O) groups is 1. The van der Waals surface area contributed by atoms with Crippen LogP contribution < -0.4 is 4.72 Å². The fourth-order valence-corrected chi connectivity index (χ4v) is 3.85. The number of hydrogen-bond donors (Lipinski definition) is 1. The summed E-state index contributed by atoms with van der Waals surface area (Å²) in [6.07, 6.45) is 1.70. The number of esters is 1. The molecular formula is C18H18FNO4S. The molecule has 0 amide bonds. The summed E-state index contributed by atoms with van der Waals surface area (Å²) in [5.41, 5.74) is 0.941. The highest BCUT2D eigenvalue weighted by Gasteiger charge is 2.44. The first kappa shape index (κ1) is 17.6. The topological polar surface area (TPSA) is 72.5 Å². The highest BCUT2D eigenvalue weighted by molar-refractivity contribution is 7.89. The second-order valence-electron chi connectivity index (χ2n) is 6.13. The molecular weight excluding hydrogens is 345 g/mol. The minimum absolute atomic E-state index is 0.0788. The third-order valence-electron chi connectivity index (χ3n) is 4.50. The van der Waals surface area contributed by atoms with E-state index in [9.17, 15) is 17.6 Å². The highest BCUT2D eigenvalue weighted by Crippen LogP contribution is 2.47. The molecule has 0 saturated heterocycles. The maximum Gasteiger partial charge on any atom is 0.337 e. The van der Waals surface area contributed by atoms with Crippen LogP contribution in [-0.4, -0.2) is 28.0 Å². The molecule has 0 spiro atoms. The molecule has 0 aromatic heterocycles. The van der Waals surface area contributed by atoms with E-state index in [1.807, 2.05) is 0 Å². The number of hydrogen-bond acceptors (Lipinski definition) is 4. The quantitative estimate of drug-likeness (QED) is 0.801. The van der Waals surface area contributed by atoms with Crippen molar-refractivity contribution in [1.82, 2.24) is 4.72 Å². The first-order chi connectivity index (χ1) is 11.9. The molecule has 132 valence electrons. The molecule has 0 heterocycles. The van der Waals surface area contributed by atoms with Gasteiger partial charge in [0.25, 0.3) is 0 Å². The van der Waals surface area contributed by atoms with Gasteiger partial charge in [-0.15, -0.1) is 0 Å². The van der Waals surface area contributed by atoms with Gasteiger partial charge in [-0.25, -0.2) is 22.3 Å². The van der Waals surface area contributed by atoms with Crippen molar-refractivity contribution < 1.29 is 22.3 Å². The normalized spacial score (nSPS) is 15.6. The van der Waals surface area contributed by atoms with Crippen molar-refractivity contribution in [1.29, 1.82) is 0 Å². The minimum Gasteiger partial charge on any atom is -0.465 e. The predicted octanol–water partition coefficient (Wildman–Crippen LogP) is 2.62. The van der Waals surface area contributed by atoms with Gasteiger partial charge in [0.15, 0.2) is 0 Å². The number of sulfonamides is 1. The Morgan fingerprint density at radius 1 is 1.12 bits per heavy atom. The van der Waals surface area contributed by atoms with E-state index in [4.69, 9.17) is 0 Å². The summed E-state index contributed by atoms with van der Waals surface area (Å²) in [5.74, 6) is -0.837. The molecule has 3 rings (SSSR count). The third-order valence-corrected chi connectivity index (χ3v) is 5.91. The van der Waals surface area contributed by atoms with Crippen molar-refractivity contribution in [3.05, 3.63) is 65.5 Å². The van der Waals surface area contributed by atoms with E-state index in [1.165, 1.54) is 43.5 Å². The lowest BCUT2D eigenvalue weighted by Gasteiger charge is -2.17.